The number of methoxy groups -OCH3 is 2. The molecule has 0 unspecified atom stereocenters. The zero-order chi connectivity index (χ0) is 29.9. The normalized spacial score (nSPS) is 13.5. The molecule has 12 heteroatoms. The van der Waals surface area contributed by atoms with Gasteiger partial charge in [-0.05, 0) is 37.0 Å². The molecule has 11 nitrogen and oxygen atoms in total. The molecule has 0 aliphatic heterocycles. The third kappa shape index (κ3) is 8.31. The number of rotatable bonds is 14. The third-order valence-electron chi connectivity index (χ3n) is 6.91. The average Bonchev–Trinajstić information content (AvgIpc) is 2.96. The summed E-state index contributed by atoms with van der Waals surface area (Å²) in [5, 5.41) is 9.50. The number of halogens is 1. The standard InChI is InChI=1S/C30H38ClN7O4/c1-41-15-13-33-28(34-14-16-42-2)21-11-9-20(10-12-21)18-35-25(39)19-38-26(22-5-3-6-23(32)17-22)27(31)37-29(30(38)40)36-24-7-4-8-24/h3,5-6,9-12,17,24H,4,7-8,13-16,18-19,32H2,1-2H3,(H,33,34)(H,35,39)(H,36,37). The summed E-state index contributed by atoms with van der Waals surface area (Å²) in [4.78, 5) is 35.6. The fourth-order valence-corrected chi connectivity index (χ4v) is 4.74. The molecule has 1 aliphatic rings. The van der Waals surface area contributed by atoms with Crippen molar-refractivity contribution in [3.05, 3.63) is 75.2 Å². The molecule has 0 bridgehead atoms. The summed E-state index contributed by atoms with van der Waals surface area (Å²) < 4.78 is 11.6. The van der Waals surface area contributed by atoms with Gasteiger partial charge in [-0.3, -0.25) is 19.1 Å². The smallest absolute Gasteiger partial charge is 0.294 e. The molecule has 42 heavy (non-hydrogen) atoms. The van der Waals surface area contributed by atoms with E-state index in [0.717, 1.165) is 36.2 Å². The van der Waals surface area contributed by atoms with Gasteiger partial charge in [0.2, 0.25) is 5.91 Å². The zero-order valence-corrected chi connectivity index (χ0v) is 24.7. The molecule has 3 aromatic rings. The number of amides is 1. The maximum absolute atomic E-state index is 13.5. The van der Waals surface area contributed by atoms with Gasteiger partial charge in [0, 0.05) is 50.2 Å². The SMILES string of the molecule is COCCN=C(NCCOC)c1ccc(CNC(=O)Cn2c(-c3cccc(N)c3)c(Cl)nc(NC3CCC3)c2=O)cc1. The van der Waals surface area contributed by atoms with Crippen molar-refractivity contribution in [1.29, 1.82) is 0 Å². The lowest BCUT2D eigenvalue weighted by Crippen LogP contribution is -2.37. The fraction of sp³-hybridized carbons (Fsp3) is 0.400. The van der Waals surface area contributed by atoms with E-state index in [2.05, 4.69) is 25.9 Å². The van der Waals surface area contributed by atoms with Crippen molar-refractivity contribution in [3.8, 4) is 11.3 Å². The lowest BCUT2D eigenvalue weighted by Gasteiger charge is -2.27. The number of carbonyl (C=O) groups excluding carboxylic acids is 1. The van der Waals surface area contributed by atoms with Gasteiger partial charge in [-0.15, -0.1) is 0 Å². The molecular weight excluding hydrogens is 558 g/mol. The summed E-state index contributed by atoms with van der Waals surface area (Å²) in [6.45, 7) is 2.26. The van der Waals surface area contributed by atoms with E-state index in [9.17, 15) is 9.59 Å². The van der Waals surface area contributed by atoms with Crippen LogP contribution in [-0.4, -0.2) is 67.9 Å². The Hall–Kier alpha value is -3.93. The fourth-order valence-electron chi connectivity index (χ4n) is 4.44. The number of nitrogens with one attached hydrogen (secondary N) is 3. The first kappa shape index (κ1) is 31.0. The van der Waals surface area contributed by atoms with E-state index in [1.165, 1.54) is 4.57 Å². The molecule has 0 saturated heterocycles. The van der Waals surface area contributed by atoms with Crippen LogP contribution in [0.2, 0.25) is 5.15 Å². The van der Waals surface area contributed by atoms with Crippen molar-refractivity contribution >= 4 is 34.8 Å². The van der Waals surface area contributed by atoms with E-state index in [1.54, 1.807) is 38.5 Å². The Kier molecular flexibility index (Phi) is 11.3. The lowest BCUT2D eigenvalue weighted by atomic mass is 9.93. The van der Waals surface area contributed by atoms with Crippen LogP contribution in [0.3, 0.4) is 0 Å². The lowest BCUT2D eigenvalue weighted by molar-refractivity contribution is -0.121. The van der Waals surface area contributed by atoms with Gasteiger partial charge in [-0.2, -0.15) is 0 Å². The number of ether oxygens (including phenoxy) is 2. The Morgan fingerprint density at radius 2 is 1.88 bits per heavy atom. The Morgan fingerprint density at radius 3 is 2.55 bits per heavy atom. The summed E-state index contributed by atoms with van der Waals surface area (Å²) in [5.74, 6) is 0.545. The highest BCUT2D eigenvalue weighted by atomic mass is 35.5. The molecule has 1 aliphatic carbocycles. The van der Waals surface area contributed by atoms with E-state index in [4.69, 9.17) is 26.8 Å². The minimum absolute atomic E-state index is 0.118. The Morgan fingerprint density at radius 1 is 1.12 bits per heavy atom. The van der Waals surface area contributed by atoms with Gasteiger partial charge in [-0.1, -0.05) is 48.0 Å². The quantitative estimate of drug-likeness (QED) is 0.0963. The molecule has 2 aromatic carbocycles. The number of anilines is 2. The summed E-state index contributed by atoms with van der Waals surface area (Å²) in [6, 6.07) is 14.9. The van der Waals surface area contributed by atoms with Crippen molar-refractivity contribution in [1.82, 2.24) is 20.2 Å². The van der Waals surface area contributed by atoms with Crippen molar-refractivity contribution in [2.24, 2.45) is 4.99 Å². The molecule has 0 radical (unpaired) electrons. The monoisotopic (exact) mass is 595 g/mol. The van der Waals surface area contributed by atoms with Gasteiger partial charge >= 0.3 is 0 Å². The van der Waals surface area contributed by atoms with Crippen molar-refractivity contribution in [2.45, 2.75) is 38.4 Å². The summed E-state index contributed by atoms with van der Waals surface area (Å²) >= 11 is 6.60. The Balaban J connectivity index is 1.49. The number of carbonyl (C=O) groups is 1. The second-order valence-corrected chi connectivity index (χ2v) is 10.4. The molecule has 1 saturated carbocycles. The minimum Gasteiger partial charge on any atom is -0.399 e. The molecule has 1 heterocycles. The predicted octanol–water partition coefficient (Wildman–Crippen LogP) is 3.06. The summed E-state index contributed by atoms with van der Waals surface area (Å²) in [6.07, 6.45) is 3.01. The van der Waals surface area contributed by atoms with Crippen LogP contribution in [0, 0.1) is 0 Å². The number of nitrogens with zero attached hydrogens (tertiary/aromatic N) is 3. The van der Waals surface area contributed by atoms with E-state index >= 15 is 0 Å². The first-order valence-electron chi connectivity index (χ1n) is 13.9. The molecular formula is C30H38ClN7O4. The van der Waals surface area contributed by atoms with Crippen LogP contribution in [0.4, 0.5) is 11.5 Å². The highest BCUT2D eigenvalue weighted by molar-refractivity contribution is 6.32. The molecule has 0 spiro atoms. The maximum atomic E-state index is 13.5. The van der Waals surface area contributed by atoms with Crippen LogP contribution in [0.15, 0.2) is 58.3 Å². The minimum atomic E-state index is -0.413. The largest absolute Gasteiger partial charge is 0.399 e. The van der Waals surface area contributed by atoms with Crippen molar-refractivity contribution < 1.29 is 14.3 Å². The number of aromatic nitrogens is 2. The van der Waals surface area contributed by atoms with Crippen molar-refractivity contribution in [3.63, 3.8) is 0 Å². The second-order valence-electron chi connectivity index (χ2n) is 10.0. The third-order valence-corrected chi connectivity index (χ3v) is 7.18. The van der Waals surface area contributed by atoms with E-state index in [1.807, 2.05) is 24.3 Å². The molecule has 5 N–H and O–H groups in total. The summed E-state index contributed by atoms with van der Waals surface area (Å²) in [7, 11) is 3.29. The molecule has 0 atom stereocenters. The first-order chi connectivity index (χ1) is 20.4. The number of amidine groups is 1. The van der Waals surface area contributed by atoms with Crippen LogP contribution in [0.25, 0.3) is 11.3 Å². The number of hydrogen-bond donors (Lipinski definition) is 4. The van der Waals surface area contributed by atoms with E-state index in [0.29, 0.717) is 43.2 Å². The zero-order valence-electron chi connectivity index (χ0n) is 24.0. The Bertz CT molecular complexity index is 1440. The van der Waals surface area contributed by atoms with Gasteiger partial charge < -0.3 is 31.2 Å². The second kappa shape index (κ2) is 15.3. The Labute approximate surface area is 250 Å². The van der Waals surface area contributed by atoms with Crippen molar-refractivity contribution in [2.75, 3.05) is 51.6 Å². The number of nitrogens with two attached hydrogens (primary N) is 1. The highest BCUT2D eigenvalue weighted by Gasteiger charge is 2.23. The number of hydrogen-bond acceptors (Lipinski definition) is 8. The van der Waals surface area contributed by atoms with Crippen LogP contribution < -0.4 is 27.2 Å². The molecule has 1 amide bonds. The van der Waals surface area contributed by atoms with E-state index < -0.39 is 5.56 Å². The predicted molar refractivity (Wildman–Crippen MR) is 166 cm³/mol. The average molecular weight is 596 g/mol. The summed E-state index contributed by atoms with van der Waals surface area (Å²) in [5.41, 5.74) is 8.84. The van der Waals surface area contributed by atoms with Gasteiger partial charge in [-0.25, -0.2) is 4.98 Å². The van der Waals surface area contributed by atoms with Crippen LogP contribution >= 0.6 is 11.6 Å². The first-order valence-corrected chi connectivity index (χ1v) is 14.3. The number of benzene rings is 2. The van der Waals surface area contributed by atoms with Crippen LogP contribution in [0.5, 0.6) is 0 Å². The number of aliphatic imine (C=N–C) groups is 1. The van der Waals surface area contributed by atoms with E-state index in [-0.39, 0.29) is 36.0 Å². The van der Waals surface area contributed by atoms with Crippen LogP contribution in [-0.2, 0) is 27.4 Å². The molecule has 224 valence electrons. The number of nitrogen functional groups attached to an aromatic ring is 1. The molecule has 1 aromatic heterocycles. The van der Waals surface area contributed by atoms with Gasteiger partial charge in [0.05, 0.1) is 25.5 Å². The molecule has 1 fully saturated rings. The highest BCUT2D eigenvalue weighted by Crippen LogP contribution is 2.29. The maximum Gasteiger partial charge on any atom is 0.294 e. The molecule has 4 rings (SSSR count). The topological polar surface area (TPSA) is 145 Å². The van der Waals surface area contributed by atoms with Crippen LogP contribution in [0.1, 0.15) is 30.4 Å². The van der Waals surface area contributed by atoms with Gasteiger partial charge in [0.25, 0.3) is 5.56 Å². The van der Waals surface area contributed by atoms with Gasteiger partial charge in [0.15, 0.2) is 11.0 Å². The van der Waals surface area contributed by atoms with Gasteiger partial charge in [0.1, 0.15) is 12.4 Å².